The normalized spacial score (nSPS) is 19.6. The Morgan fingerprint density at radius 3 is 2.48 bits per heavy atom. The van der Waals surface area contributed by atoms with E-state index in [-0.39, 0.29) is 5.91 Å². The predicted molar refractivity (Wildman–Crippen MR) is 119 cm³/mol. The van der Waals surface area contributed by atoms with E-state index in [4.69, 9.17) is 5.73 Å². The topological polar surface area (TPSA) is 61.6 Å². The van der Waals surface area contributed by atoms with Gasteiger partial charge in [0.1, 0.15) is 0 Å². The van der Waals surface area contributed by atoms with Crippen molar-refractivity contribution in [2.45, 2.75) is 45.2 Å². The van der Waals surface area contributed by atoms with Crippen LogP contribution in [-0.2, 0) is 13.0 Å². The van der Waals surface area contributed by atoms with E-state index in [2.05, 4.69) is 23.2 Å². The van der Waals surface area contributed by atoms with E-state index in [1.807, 2.05) is 41.3 Å². The van der Waals surface area contributed by atoms with Crippen molar-refractivity contribution < 1.29 is 4.79 Å². The number of hydrogen-bond donors (Lipinski definition) is 2. The first-order valence-electron chi connectivity index (χ1n) is 10.9. The molecule has 1 atom stereocenters. The fourth-order valence-electron chi connectivity index (χ4n) is 4.47. The van der Waals surface area contributed by atoms with Crippen molar-refractivity contribution in [3.05, 3.63) is 59.2 Å². The average Bonchev–Trinajstić information content (AvgIpc) is 3.44. The molecule has 2 aromatic carbocycles. The van der Waals surface area contributed by atoms with Crippen LogP contribution in [0.15, 0.2) is 42.5 Å². The van der Waals surface area contributed by atoms with E-state index in [1.54, 1.807) is 0 Å². The van der Waals surface area contributed by atoms with Crippen molar-refractivity contribution in [1.29, 1.82) is 0 Å². The Balaban J connectivity index is 1.32. The van der Waals surface area contributed by atoms with Crippen molar-refractivity contribution in [2.75, 3.05) is 37.2 Å². The minimum absolute atomic E-state index is 0.158. The fraction of sp³-hybridized carbons (Fsp3) is 0.458. The highest BCUT2D eigenvalue weighted by molar-refractivity contribution is 5.94. The second-order valence-electron chi connectivity index (χ2n) is 8.26. The minimum Gasteiger partial charge on any atom is -0.397 e. The number of likely N-dealkylation sites (tertiary alicyclic amines) is 2. The molecule has 1 amide bonds. The van der Waals surface area contributed by atoms with Crippen LogP contribution in [0.4, 0.5) is 11.4 Å². The zero-order chi connectivity index (χ0) is 20.2. The van der Waals surface area contributed by atoms with Gasteiger partial charge >= 0.3 is 0 Å². The lowest BCUT2D eigenvalue weighted by Gasteiger charge is -2.23. The standard InChI is InChI=1S/C24H32N4O/c1-2-18-7-10-23(22(25)15-18)26-16-19-5-8-20(9-6-19)24(29)28-14-11-21(17-28)27-12-3-4-13-27/h5-10,15,21,26H,2-4,11-14,16-17,25H2,1H3. The predicted octanol–water partition coefficient (Wildman–Crippen LogP) is 3.75. The van der Waals surface area contributed by atoms with E-state index in [1.165, 1.54) is 31.5 Å². The third-order valence-corrected chi connectivity index (χ3v) is 6.32. The van der Waals surface area contributed by atoms with Gasteiger partial charge < -0.3 is 16.0 Å². The molecule has 0 bridgehead atoms. The maximum atomic E-state index is 12.9. The van der Waals surface area contributed by atoms with E-state index >= 15 is 0 Å². The summed E-state index contributed by atoms with van der Waals surface area (Å²) in [4.78, 5) is 17.5. The molecule has 2 heterocycles. The second kappa shape index (κ2) is 8.87. The van der Waals surface area contributed by atoms with Gasteiger partial charge in [-0.3, -0.25) is 9.69 Å². The SMILES string of the molecule is CCc1ccc(NCc2ccc(C(=O)N3CCC(N4CCCC4)C3)cc2)c(N)c1. The van der Waals surface area contributed by atoms with E-state index in [0.717, 1.165) is 48.4 Å². The van der Waals surface area contributed by atoms with Crippen LogP contribution in [0.5, 0.6) is 0 Å². The smallest absolute Gasteiger partial charge is 0.253 e. The molecular formula is C24H32N4O. The number of amides is 1. The van der Waals surface area contributed by atoms with Crippen molar-refractivity contribution in [3.8, 4) is 0 Å². The van der Waals surface area contributed by atoms with Crippen molar-refractivity contribution in [3.63, 3.8) is 0 Å². The van der Waals surface area contributed by atoms with Crippen LogP contribution in [0.1, 0.15) is 47.7 Å². The average molecular weight is 393 g/mol. The highest BCUT2D eigenvalue weighted by Gasteiger charge is 2.31. The number of nitrogens with zero attached hydrogens (tertiary/aromatic N) is 2. The van der Waals surface area contributed by atoms with Gasteiger partial charge in [0.15, 0.2) is 0 Å². The maximum absolute atomic E-state index is 12.9. The summed E-state index contributed by atoms with van der Waals surface area (Å²) < 4.78 is 0. The zero-order valence-corrected chi connectivity index (χ0v) is 17.4. The van der Waals surface area contributed by atoms with Gasteiger partial charge in [0.2, 0.25) is 0 Å². The monoisotopic (exact) mass is 392 g/mol. The van der Waals surface area contributed by atoms with Crippen LogP contribution in [0.2, 0.25) is 0 Å². The van der Waals surface area contributed by atoms with Crippen molar-refractivity contribution >= 4 is 17.3 Å². The van der Waals surface area contributed by atoms with Crippen LogP contribution in [-0.4, -0.2) is 47.9 Å². The zero-order valence-electron chi connectivity index (χ0n) is 17.4. The van der Waals surface area contributed by atoms with E-state index in [9.17, 15) is 4.79 Å². The molecule has 0 aliphatic carbocycles. The Hall–Kier alpha value is -2.53. The maximum Gasteiger partial charge on any atom is 0.253 e. The van der Waals surface area contributed by atoms with Gasteiger partial charge in [-0.05, 0) is 74.2 Å². The van der Waals surface area contributed by atoms with Gasteiger partial charge in [-0.25, -0.2) is 0 Å². The molecule has 2 saturated heterocycles. The van der Waals surface area contributed by atoms with E-state index in [0.29, 0.717) is 12.6 Å². The number of carbonyl (C=O) groups is 1. The third kappa shape index (κ3) is 4.56. The summed E-state index contributed by atoms with van der Waals surface area (Å²) in [5.74, 6) is 0.158. The Morgan fingerprint density at radius 2 is 1.79 bits per heavy atom. The first-order chi connectivity index (χ1) is 14.1. The Bertz CT molecular complexity index is 842. The fourth-order valence-corrected chi connectivity index (χ4v) is 4.47. The summed E-state index contributed by atoms with van der Waals surface area (Å²) >= 11 is 0. The van der Waals surface area contributed by atoms with Crippen molar-refractivity contribution in [1.82, 2.24) is 9.80 Å². The third-order valence-electron chi connectivity index (χ3n) is 6.32. The molecule has 3 N–H and O–H groups in total. The number of nitrogen functional groups attached to an aromatic ring is 1. The molecule has 154 valence electrons. The molecule has 29 heavy (non-hydrogen) atoms. The number of carbonyl (C=O) groups excluding carboxylic acids is 1. The molecule has 1 unspecified atom stereocenters. The molecule has 2 fully saturated rings. The number of nitrogens with two attached hydrogens (primary N) is 1. The summed E-state index contributed by atoms with van der Waals surface area (Å²) in [6.07, 6.45) is 4.68. The Morgan fingerprint density at radius 1 is 1.07 bits per heavy atom. The first-order valence-corrected chi connectivity index (χ1v) is 10.9. The quantitative estimate of drug-likeness (QED) is 0.735. The van der Waals surface area contributed by atoms with Gasteiger partial charge in [0.05, 0.1) is 11.4 Å². The molecule has 5 nitrogen and oxygen atoms in total. The van der Waals surface area contributed by atoms with Gasteiger partial charge in [0, 0.05) is 31.2 Å². The summed E-state index contributed by atoms with van der Waals surface area (Å²) in [7, 11) is 0. The van der Waals surface area contributed by atoms with Crippen LogP contribution in [0.25, 0.3) is 0 Å². The molecular weight excluding hydrogens is 360 g/mol. The second-order valence-corrected chi connectivity index (χ2v) is 8.26. The molecule has 5 heteroatoms. The largest absolute Gasteiger partial charge is 0.397 e. The number of hydrogen-bond acceptors (Lipinski definition) is 4. The van der Waals surface area contributed by atoms with Gasteiger partial charge in [-0.2, -0.15) is 0 Å². The lowest BCUT2D eigenvalue weighted by Crippen LogP contribution is -2.37. The molecule has 2 aromatic rings. The number of anilines is 2. The Labute approximate surface area is 173 Å². The van der Waals surface area contributed by atoms with Crippen LogP contribution >= 0.6 is 0 Å². The Kier molecular flexibility index (Phi) is 6.05. The highest BCUT2D eigenvalue weighted by Crippen LogP contribution is 2.23. The van der Waals surface area contributed by atoms with Crippen molar-refractivity contribution in [2.24, 2.45) is 0 Å². The summed E-state index contributed by atoms with van der Waals surface area (Å²) in [6.45, 7) is 6.94. The first kappa shape index (κ1) is 19.8. The molecule has 4 rings (SSSR count). The summed E-state index contributed by atoms with van der Waals surface area (Å²) in [6, 6.07) is 14.7. The molecule has 0 aromatic heterocycles. The molecule has 0 radical (unpaired) electrons. The molecule has 2 aliphatic rings. The van der Waals surface area contributed by atoms with Gasteiger partial charge in [-0.15, -0.1) is 0 Å². The van der Waals surface area contributed by atoms with Crippen LogP contribution in [0.3, 0.4) is 0 Å². The lowest BCUT2D eigenvalue weighted by molar-refractivity contribution is 0.0780. The summed E-state index contributed by atoms with van der Waals surface area (Å²) in [5, 5.41) is 3.40. The van der Waals surface area contributed by atoms with Crippen LogP contribution < -0.4 is 11.1 Å². The van der Waals surface area contributed by atoms with Crippen LogP contribution in [0, 0.1) is 0 Å². The van der Waals surface area contributed by atoms with Gasteiger partial charge in [-0.1, -0.05) is 25.1 Å². The number of aryl methyl sites for hydroxylation is 1. The number of nitrogens with one attached hydrogen (secondary N) is 1. The van der Waals surface area contributed by atoms with E-state index < -0.39 is 0 Å². The minimum atomic E-state index is 0.158. The summed E-state index contributed by atoms with van der Waals surface area (Å²) in [5.41, 5.74) is 11.0. The number of rotatable bonds is 6. The molecule has 0 saturated carbocycles. The molecule has 0 spiro atoms. The number of benzene rings is 2. The lowest BCUT2D eigenvalue weighted by atomic mass is 10.1. The molecule has 2 aliphatic heterocycles. The highest BCUT2D eigenvalue weighted by atomic mass is 16.2. The van der Waals surface area contributed by atoms with Gasteiger partial charge in [0.25, 0.3) is 5.91 Å².